The van der Waals surface area contributed by atoms with Crippen LogP contribution in [0, 0.1) is 18.3 Å². The summed E-state index contributed by atoms with van der Waals surface area (Å²) in [6.07, 6.45) is 1.04. The lowest BCUT2D eigenvalue weighted by Gasteiger charge is -2.07. The topological polar surface area (TPSA) is 35.8 Å². The summed E-state index contributed by atoms with van der Waals surface area (Å²) in [5.41, 5.74) is 2.85. The molecule has 0 saturated carbocycles. The SMILES string of the molecule is Cc1cc(NCCc2cccs2)ccc1C#N. The van der Waals surface area contributed by atoms with Gasteiger partial charge in [0, 0.05) is 17.1 Å². The molecule has 0 atom stereocenters. The van der Waals surface area contributed by atoms with Crippen LogP contribution < -0.4 is 5.32 Å². The third kappa shape index (κ3) is 3.08. The Hall–Kier alpha value is -1.79. The van der Waals surface area contributed by atoms with Crippen molar-refractivity contribution in [1.29, 1.82) is 5.26 Å². The zero-order valence-corrected chi connectivity index (χ0v) is 10.6. The smallest absolute Gasteiger partial charge is 0.0994 e. The molecule has 0 fully saturated rings. The normalized spacial score (nSPS) is 9.88. The van der Waals surface area contributed by atoms with Crippen molar-refractivity contribution < 1.29 is 0 Å². The molecule has 0 aliphatic rings. The summed E-state index contributed by atoms with van der Waals surface area (Å²) >= 11 is 1.78. The van der Waals surface area contributed by atoms with Crippen molar-refractivity contribution in [2.24, 2.45) is 0 Å². The molecule has 2 aromatic rings. The maximum atomic E-state index is 8.84. The molecule has 0 unspecified atom stereocenters. The molecular weight excluding hydrogens is 228 g/mol. The van der Waals surface area contributed by atoms with E-state index in [9.17, 15) is 0 Å². The molecule has 3 heteroatoms. The summed E-state index contributed by atoms with van der Waals surface area (Å²) < 4.78 is 0. The van der Waals surface area contributed by atoms with Crippen LogP contribution in [0.15, 0.2) is 35.7 Å². The molecule has 86 valence electrons. The summed E-state index contributed by atoms with van der Waals surface area (Å²) in [7, 11) is 0. The Labute approximate surface area is 106 Å². The highest BCUT2D eigenvalue weighted by Crippen LogP contribution is 2.15. The Kier molecular flexibility index (Phi) is 3.79. The quantitative estimate of drug-likeness (QED) is 0.889. The van der Waals surface area contributed by atoms with Gasteiger partial charge in [-0.25, -0.2) is 0 Å². The van der Waals surface area contributed by atoms with E-state index in [1.165, 1.54) is 4.88 Å². The van der Waals surface area contributed by atoms with E-state index in [0.29, 0.717) is 0 Å². The molecule has 0 aliphatic carbocycles. The highest BCUT2D eigenvalue weighted by Gasteiger charge is 1.99. The fourth-order valence-electron chi connectivity index (χ4n) is 1.68. The molecule has 1 aromatic heterocycles. The van der Waals surface area contributed by atoms with Crippen molar-refractivity contribution in [3.8, 4) is 6.07 Å². The van der Waals surface area contributed by atoms with Crippen LogP contribution in [0.5, 0.6) is 0 Å². The van der Waals surface area contributed by atoms with E-state index < -0.39 is 0 Å². The van der Waals surface area contributed by atoms with E-state index in [1.807, 2.05) is 25.1 Å². The number of nitrogens with one attached hydrogen (secondary N) is 1. The number of thiophene rings is 1. The van der Waals surface area contributed by atoms with Crippen molar-refractivity contribution in [2.45, 2.75) is 13.3 Å². The van der Waals surface area contributed by atoms with Crippen LogP contribution in [0.2, 0.25) is 0 Å². The van der Waals surface area contributed by atoms with Crippen LogP contribution in [0.4, 0.5) is 5.69 Å². The molecule has 1 aromatic carbocycles. The van der Waals surface area contributed by atoms with E-state index >= 15 is 0 Å². The first-order chi connectivity index (χ1) is 8.29. The molecular formula is C14H14N2S. The van der Waals surface area contributed by atoms with Crippen LogP contribution in [0.3, 0.4) is 0 Å². The Balaban J connectivity index is 1.91. The number of hydrogen-bond acceptors (Lipinski definition) is 3. The Bertz CT molecular complexity index is 524. The highest BCUT2D eigenvalue weighted by molar-refractivity contribution is 7.09. The highest BCUT2D eigenvalue weighted by atomic mass is 32.1. The number of nitriles is 1. The predicted molar refractivity (Wildman–Crippen MR) is 72.4 cm³/mol. The second-order valence-electron chi connectivity index (χ2n) is 3.90. The number of anilines is 1. The zero-order chi connectivity index (χ0) is 12.1. The molecule has 2 nitrogen and oxygen atoms in total. The van der Waals surface area contributed by atoms with Gasteiger partial charge in [0.2, 0.25) is 0 Å². The predicted octanol–water partition coefficient (Wildman–Crippen LogP) is 3.58. The second kappa shape index (κ2) is 5.51. The first-order valence-corrected chi connectivity index (χ1v) is 6.44. The number of aryl methyl sites for hydroxylation is 1. The summed E-state index contributed by atoms with van der Waals surface area (Å²) in [6.45, 7) is 2.88. The molecule has 0 bridgehead atoms. The lowest BCUT2D eigenvalue weighted by molar-refractivity contribution is 1.04. The Morgan fingerprint density at radius 3 is 2.88 bits per heavy atom. The first kappa shape index (κ1) is 11.7. The van der Waals surface area contributed by atoms with Gasteiger partial charge in [-0.05, 0) is 48.6 Å². The van der Waals surface area contributed by atoms with Crippen molar-refractivity contribution >= 4 is 17.0 Å². The minimum atomic E-state index is 0.744. The number of nitrogens with zero attached hydrogens (tertiary/aromatic N) is 1. The minimum Gasteiger partial charge on any atom is -0.385 e. The maximum absolute atomic E-state index is 8.84. The third-order valence-corrected chi connectivity index (χ3v) is 3.56. The monoisotopic (exact) mass is 242 g/mol. The molecule has 0 aliphatic heterocycles. The lowest BCUT2D eigenvalue weighted by atomic mass is 10.1. The molecule has 1 heterocycles. The van der Waals surface area contributed by atoms with Gasteiger partial charge < -0.3 is 5.32 Å². The Morgan fingerprint density at radius 2 is 2.24 bits per heavy atom. The summed E-state index contributed by atoms with van der Waals surface area (Å²) in [5.74, 6) is 0. The minimum absolute atomic E-state index is 0.744. The van der Waals surface area contributed by atoms with E-state index in [0.717, 1.165) is 29.8 Å². The standard InChI is InChI=1S/C14H14N2S/c1-11-9-13(5-4-12(11)10-15)16-7-6-14-3-2-8-17-14/h2-5,8-9,16H,6-7H2,1H3. The van der Waals surface area contributed by atoms with Gasteiger partial charge in [0.25, 0.3) is 0 Å². The van der Waals surface area contributed by atoms with E-state index in [2.05, 4.69) is 28.9 Å². The first-order valence-electron chi connectivity index (χ1n) is 5.56. The van der Waals surface area contributed by atoms with Gasteiger partial charge in [-0.1, -0.05) is 6.07 Å². The van der Waals surface area contributed by atoms with Crippen LogP contribution in [-0.2, 0) is 6.42 Å². The van der Waals surface area contributed by atoms with Crippen LogP contribution in [0.25, 0.3) is 0 Å². The van der Waals surface area contributed by atoms with Crippen LogP contribution in [0.1, 0.15) is 16.0 Å². The van der Waals surface area contributed by atoms with Crippen molar-refractivity contribution in [1.82, 2.24) is 0 Å². The summed E-state index contributed by atoms with van der Waals surface area (Å²) in [6, 6.07) is 12.2. The fourth-order valence-corrected chi connectivity index (χ4v) is 2.39. The van der Waals surface area contributed by atoms with Gasteiger partial charge in [-0.3, -0.25) is 0 Å². The van der Waals surface area contributed by atoms with Crippen LogP contribution >= 0.6 is 11.3 Å². The van der Waals surface area contributed by atoms with Gasteiger partial charge in [0.15, 0.2) is 0 Å². The molecule has 0 amide bonds. The van der Waals surface area contributed by atoms with Crippen molar-refractivity contribution in [3.05, 3.63) is 51.7 Å². The zero-order valence-electron chi connectivity index (χ0n) is 9.73. The van der Waals surface area contributed by atoms with Gasteiger partial charge in [0.1, 0.15) is 0 Å². The lowest BCUT2D eigenvalue weighted by Crippen LogP contribution is -2.04. The van der Waals surface area contributed by atoms with E-state index in [4.69, 9.17) is 5.26 Å². The summed E-state index contributed by atoms with van der Waals surface area (Å²) in [4.78, 5) is 1.39. The second-order valence-corrected chi connectivity index (χ2v) is 4.93. The largest absolute Gasteiger partial charge is 0.385 e. The van der Waals surface area contributed by atoms with Gasteiger partial charge >= 0.3 is 0 Å². The average molecular weight is 242 g/mol. The molecule has 0 radical (unpaired) electrons. The Morgan fingerprint density at radius 1 is 1.35 bits per heavy atom. The average Bonchev–Trinajstić information content (AvgIpc) is 2.82. The third-order valence-electron chi connectivity index (χ3n) is 2.63. The van der Waals surface area contributed by atoms with Crippen LogP contribution in [-0.4, -0.2) is 6.54 Å². The van der Waals surface area contributed by atoms with E-state index in [-0.39, 0.29) is 0 Å². The number of rotatable bonds is 4. The summed E-state index contributed by atoms with van der Waals surface area (Å²) in [5, 5.41) is 14.3. The van der Waals surface area contributed by atoms with Gasteiger partial charge in [0.05, 0.1) is 11.6 Å². The van der Waals surface area contributed by atoms with Gasteiger partial charge in [-0.2, -0.15) is 5.26 Å². The molecule has 0 spiro atoms. The fraction of sp³-hybridized carbons (Fsp3) is 0.214. The molecule has 17 heavy (non-hydrogen) atoms. The number of benzene rings is 1. The van der Waals surface area contributed by atoms with Crippen molar-refractivity contribution in [3.63, 3.8) is 0 Å². The molecule has 0 saturated heterocycles. The molecule has 2 rings (SSSR count). The number of hydrogen-bond donors (Lipinski definition) is 1. The van der Waals surface area contributed by atoms with Crippen molar-refractivity contribution in [2.75, 3.05) is 11.9 Å². The van der Waals surface area contributed by atoms with E-state index in [1.54, 1.807) is 11.3 Å². The molecule has 1 N–H and O–H groups in total. The maximum Gasteiger partial charge on any atom is 0.0994 e. The van der Waals surface area contributed by atoms with Gasteiger partial charge in [-0.15, -0.1) is 11.3 Å².